The molecule has 4 nitrogen and oxygen atoms in total. The van der Waals surface area contributed by atoms with Crippen LogP contribution >= 0.6 is 0 Å². The van der Waals surface area contributed by atoms with Crippen LogP contribution in [-0.2, 0) is 0 Å². The van der Waals surface area contributed by atoms with Crippen molar-refractivity contribution in [1.29, 1.82) is 0 Å². The third-order valence-corrected chi connectivity index (χ3v) is 5.72. The lowest BCUT2D eigenvalue weighted by molar-refractivity contribution is 0.0821. The summed E-state index contributed by atoms with van der Waals surface area (Å²) in [6.45, 7) is 2.26. The molecule has 0 aromatic heterocycles. The monoisotopic (exact) mass is 390 g/mol. The molecule has 0 bridgehead atoms. The molecule has 4 heteroatoms. The second kappa shape index (κ2) is 12.7. The summed E-state index contributed by atoms with van der Waals surface area (Å²) in [6.07, 6.45) is 18.0. The number of ketones is 1. The van der Waals surface area contributed by atoms with Gasteiger partial charge in [-0.2, -0.15) is 0 Å². The molecule has 1 aromatic carbocycles. The quantitative estimate of drug-likeness (QED) is 0.267. The number of hydrogen-bond donors (Lipinski definition) is 2. The van der Waals surface area contributed by atoms with Crippen LogP contribution < -0.4 is 4.74 Å². The summed E-state index contributed by atoms with van der Waals surface area (Å²) < 4.78 is 5.79. The van der Waals surface area contributed by atoms with E-state index in [0.717, 1.165) is 19.3 Å². The lowest BCUT2D eigenvalue weighted by atomic mass is 9.96. The molecule has 158 valence electrons. The molecular weight excluding hydrogens is 352 g/mol. The van der Waals surface area contributed by atoms with Gasteiger partial charge < -0.3 is 14.9 Å². The maximum atomic E-state index is 12.3. The van der Waals surface area contributed by atoms with Crippen molar-refractivity contribution in [3.05, 3.63) is 17.7 Å². The number of Topliss-reactive ketones (excluding diaryl/α,β-unsaturated/α-hetero) is 1. The largest absolute Gasteiger partial charge is 0.507 e. The second-order valence-electron chi connectivity index (χ2n) is 8.21. The van der Waals surface area contributed by atoms with Gasteiger partial charge in [-0.1, -0.05) is 84.0 Å². The minimum atomic E-state index is -0.194. The average Bonchev–Trinajstić information content (AvgIpc) is 2.68. The number of rotatable bonds is 14. The molecule has 28 heavy (non-hydrogen) atoms. The summed E-state index contributed by atoms with van der Waals surface area (Å²) in [6, 6.07) is 2.71. The van der Waals surface area contributed by atoms with E-state index < -0.39 is 0 Å². The number of phenolic OH excluding ortho intramolecular Hbond substituents is 2. The van der Waals surface area contributed by atoms with E-state index in [-0.39, 0.29) is 41.1 Å². The van der Waals surface area contributed by atoms with Gasteiger partial charge in [-0.05, 0) is 25.0 Å². The third-order valence-electron chi connectivity index (χ3n) is 5.72. The molecule has 0 amide bonds. The van der Waals surface area contributed by atoms with Crippen molar-refractivity contribution < 1.29 is 19.7 Å². The van der Waals surface area contributed by atoms with Crippen molar-refractivity contribution in [3.63, 3.8) is 0 Å². The van der Waals surface area contributed by atoms with E-state index in [4.69, 9.17) is 4.74 Å². The zero-order valence-corrected chi connectivity index (χ0v) is 17.5. The molecule has 0 spiro atoms. The molecule has 0 fully saturated rings. The fourth-order valence-electron chi connectivity index (χ4n) is 4.02. The fraction of sp³-hybridized carbons (Fsp3) is 0.708. The number of hydrogen-bond acceptors (Lipinski definition) is 4. The van der Waals surface area contributed by atoms with Crippen LogP contribution in [0.15, 0.2) is 12.1 Å². The van der Waals surface area contributed by atoms with Gasteiger partial charge in [0.25, 0.3) is 0 Å². The highest BCUT2D eigenvalue weighted by Crippen LogP contribution is 2.41. The van der Waals surface area contributed by atoms with Gasteiger partial charge in [0, 0.05) is 6.42 Å². The van der Waals surface area contributed by atoms with Gasteiger partial charge in [-0.25, -0.2) is 0 Å². The van der Waals surface area contributed by atoms with Gasteiger partial charge in [-0.15, -0.1) is 0 Å². The van der Waals surface area contributed by atoms with Crippen molar-refractivity contribution in [2.24, 2.45) is 0 Å². The minimum absolute atomic E-state index is 0.0730. The molecule has 1 aliphatic heterocycles. The molecular formula is C24H38O4. The Bertz CT molecular complexity index is 597. The molecule has 1 atom stereocenters. The third kappa shape index (κ3) is 7.37. The molecule has 0 unspecified atom stereocenters. The van der Waals surface area contributed by atoms with E-state index in [0.29, 0.717) is 0 Å². The Kier molecular flexibility index (Phi) is 10.2. The SMILES string of the molecule is CCCCCCCCCCCCCCC[C@@H]1CC(=O)c2c(O)ccc(O)c2O1. The number of fused-ring (bicyclic) bond motifs is 1. The highest BCUT2D eigenvalue weighted by molar-refractivity contribution is 6.03. The smallest absolute Gasteiger partial charge is 0.175 e. The van der Waals surface area contributed by atoms with Crippen LogP contribution in [0.3, 0.4) is 0 Å². The van der Waals surface area contributed by atoms with Gasteiger partial charge in [-0.3, -0.25) is 4.79 Å². The molecule has 1 aromatic rings. The Morgan fingerprint density at radius 3 is 1.89 bits per heavy atom. The predicted octanol–water partition coefficient (Wildman–Crippen LogP) is 6.91. The van der Waals surface area contributed by atoms with Crippen LogP contribution in [0, 0.1) is 0 Å². The normalized spacial score (nSPS) is 16.0. The first-order valence-corrected chi connectivity index (χ1v) is 11.4. The van der Waals surface area contributed by atoms with Crippen LogP contribution in [0.5, 0.6) is 17.2 Å². The number of ether oxygens (including phenoxy) is 1. The standard InChI is InChI=1S/C24H38O4/c1-2-3-4-5-6-7-8-9-10-11-12-13-14-15-19-18-22(27)23-20(25)16-17-21(26)24(23)28-19/h16-17,19,25-26H,2-15,18H2,1H3/t19-/m1/s1. The summed E-state index contributed by atoms with van der Waals surface area (Å²) in [7, 11) is 0. The van der Waals surface area contributed by atoms with Crippen LogP contribution in [0.2, 0.25) is 0 Å². The fourth-order valence-corrected chi connectivity index (χ4v) is 4.02. The molecule has 0 aliphatic carbocycles. The van der Waals surface area contributed by atoms with Crippen molar-refractivity contribution >= 4 is 5.78 Å². The number of carbonyl (C=O) groups is 1. The average molecular weight is 391 g/mol. The first-order chi connectivity index (χ1) is 13.6. The van der Waals surface area contributed by atoms with Gasteiger partial charge in [0.05, 0.1) is 0 Å². The van der Waals surface area contributed by atoms with Crippen molar-refractivity contribution in [2.45, 2.75) is 109 Å². The number of unbranched alkanes of at least 4 members (excludes halogenated alkanes) is 12. The predicted molar refractivity (Wildman–Crippen MR) is 113 cm³/mol. The Morgan fingerprint density at radius 2 is 1.32 bits per heavy atom. The summed E-state index contributed by atoms with van der Waals surface area (Å²) in [4.78, 5) is 12.3. The van der Waals surface area contributed by atoms with E-state index in [9.17, 15) is 15.0 Å². The van der Waals surface area contributed by atoms with Gasteiger partial charge in [0.2, 0.25) is 0 Å². The van der Waals surface area contributed by atoms with Crippen LogP contribution in [0.1, 0.15) is 114 Å². The molecule has 0 radical (unpaired) electrons. The van der Waals surface area contributed by atoms with E-state index >= 15 is 0 Å². The van der Waals surface area contributed by atoms with Gasteiger partial charge in [0.15, 0.2) is 17.3 Å². The minimum Gasteiger partial charge on any atom is -0.507 e. The van der Waals surface area contributed by atoms with Gasteiger partial charge >= 0.3 is 0 Å². The maximum absolute atomic E-state index is 12.3. The zero-order valence-electron chi connectivity index (χ0n) is 17.5. The molecule has 1 heterocycles. The summed E-state index contributed by atoms with van der Waals surface area (Å²) in [5.41, 5.74) is 0.126. The Labute approximate surface area is 170 Å². The maximum Gasteiger partial charge on any atom is 0.175 e. The molecule has 2 N–H and O–H groups in total. The highest BCUT2D eigenvalue weighted by atomic mass is 16.5. The molecule has 0 saturated carbocycles. The summed E-state index contributed by atoms with van der Waals surface area (Å²) >= 11 is 0. The Hall–Kier alpha value is -1.71. The first-order valence-electron chi connectivity index (χ1n) is 11.4. The van der Waals surface area contributed by atoms with Crippen molar-refractivity contribution in [2.75, 3.05) is 0 Å². The first kappa shape index (κ1) is 22.6. The molecule has 0 saturated heterocycles. The summed E-state index contributed by atoms with van der Waals surface area (Å²) in [5.74, 6) is -0.182. The van der Waals surface area contributed by atoms with Gasteiger partial charge in [0.1, 0.15) is 17.4 Å². The Balaban J connectivity index is 1.51. The number of benzene rings is 1. The van der Waals surface area contributed by atoms with Crippen molar-refractivity contribution in [1.82, 2.24) is 0 Å². The second-order valence-corrected chi connectivity index (χ2v) is 8.21. The number of phenols is 2. The zero-order chi connectivity index (χ0) is 20.2. The molecule has 1 aliphatic rings. The lowest BCUT2D eigenvalue weighted by Crippen LogP contribution is -2.27. The van der Waals surface area contributed by atoms with E-state index in [1.165, 1.54) is 82.8 Å². The van der Waals surface area contributed by atoms with Crippen LogP contribution in [0.25, 0.3) is 0 Å². The van der Waals surface area contributed by atoms with Crippen LogP contribution in [-0.4, -0.2) is 22.1 Å². The number of aromatic hydroxyl groups is 2. The highest BCUT2D eigenvalue weighted by Gasteiger charge is 2.30. The number of carbonyl (C=O) groups excluding carboxylic acids is 1. The summed E-state index contributed by atoms with van der Waals surface area (Å²) in [5, 5.41) is 19.7. The molecule has 2 rings (SSSR count). The lowest BCUT2D eigenvalue weighted by Gasteiger charge is -2.26. The van der Waals surface area contributed by atoms with Crippen LogP contribution in [0.4, 0.5) is 0 Å². The van der Waals surface area contributed by atoms with Crippen molar-refractivity contribution in [3.8, 4) is 17.2 Å². The van der Waals surface area contributed by atoms with E-state index in [1.54, 1.807) is 0 Å². The van der Waals surface area contributed by atoms with E-state index in [2.05, 4.69) is 6.92 Å². The topological polar surface area (TPSA) is 66.8 Å². The van der Waals surface area contributed by atoms with E-state index in [1.807, 2.05) is 0 Å². The Morgan fingerprint density at radius 1 is 0.821 bits per heavy atom.